The van der Waals surface area contributed by atoms with Crippen LogP contribution in [0.25, 0.3) is 0 Å². The summed E-state index contributed by atoms with van der Waals surface area (Å²) in [6.07, 6.45) is 0. The quantitative estimate of drug-likeness (QED) is 0.912. The number of anilines is 1. The molecular weight excluding hydrogens is 278 g/mol. The molecule has 3 nitrogen and oxygen atoms in total. The maximum atomic E-state index is 13.0. The Hall–Kier alpha value is -1.26. The number of aromatic nitrogens is 1. The molecule has 0 atom stereocenters. The minimum Gasteiger partial charge on any atom is -0.378 e. The van der Waals surface area contributed by atoms with Gasteiger partial charge in [0.05, 0.1) is 21.4 Å². The van der Waals surface area contributed by atoms with Crippen LogP contribution in [0, 0.1) is 19.7 Å². The van der Waals surface area contributed by atoms with Crippen LogP contribution in [0.2, 0.25) is 10.0 Å². The van der Waals surface area contributed by atoms with Crippen LogP contribution < -0.4 is 5.32 Å². The van der Waals surface area contributed by atoms with Crippen LogP contribution in [0.15, 0.2) is 16.7 Å². The number of halogens is 3. The highest BCUT2D eigenvalue weighted by molar-refractivity contribution is 6.39. The van der Waals surface area contributed by atoms with Crippen LogP contribution in [-0.4, -0.2) is 5.16 Å². The first-order valence-electron chi connectivity index (χ1n) is 5.29. The standard InChI is InChI=1S/C12H11Cl2FN2O/c1-6-9(7(2)18-17-6)5-16-12-10(13)3-8(15)4-11(12)14/h3-4,16H,5H2,1-2H3. The number of rotatable bonds is 3. The van der Waals surface area contributed by atoms with Gasteiger partial charge in [0.15, 0.2) is 0 Å². The van der Waals surface area contributed by atoms with Gasteiger partial charge in [-0.05, 0) is 26.0 Å². The number of aryl methyl sites for hydroxylation is 2. The van der Waals surface area contributed by atoms with Crippen LogP contribution in [0.1, 0.15) is 17.0 Å². The van der Waals surface area contributed by atoms with E-state index in [-0.39, 0.29) is 10.0 Å². The zero-order valence-corrected chi connectivity index (χ0v) is 11.4. The van der Waals surface area contributed by atoms with E-state index in [2.05, 4.69) is 10.5 Å². The second-order valence-electron chi connectivity index (χ2n) is 3.90. The average Bonchev–Trinajstić information content (AvgIpc) is 2.58. The van der Waals surface area contributed by atoms with Crippen molar-refractivity contribution in [3.8, 4) is 0 Å². The van der Waals surface area contributed by atoms with Crippen molar-refractivity contribution in [3.05, 3.63) is 45.0 Å². The summed E-state index contributed by atoms with van der Waals surface area (Å²) < 4.78 is 18.1. The average molecular weight is 289 g/mol. The fraction of sp³-hybridized carbons (Fsp3) is 0.250. The Kier molecular flexibility index (Phi) is 3.78. The lowest BCUT2D eigenvalue weighted by molar-refractivity contribution is 0.392. The molecule has 6 heteroatoms. The number of nitrogens with one attached hydrogen (secondary N) is 1. The van der Waals surface area contributed by atoms with Gasteiger partial charge < -0.3 is 9.84 Å². The smallest absolute Gasteiger partial charge is 0.138 e. The molecule has 0 aliphatic heterocycles. The van der Waals surface area contributed by atoms with Gasteiger partial charge >= 0.3 is 0 Å². The second kappa shape index (κ2) is 5.16. The van der Waals surface area contributed by atoms with Crippen LogP contribution in [0.3, 0.4) is 0 Å². The summed E-state index contributed by atoms with van der Waals surface area (Å²) in [6, 6.07) is 2.42. The highest BCUT2D eigenvalue weighted by atomic mass is 35.5. The van der Waals surface area contributed by atoms with Crippen LogP contribution in [0.4, 0.5) is 10.1 Å². The summed E-state index contributed by atoms with van der Waals surface area (Å²) >= 11 is 11.9. The third-order valence-corrected chi connectivity index (χ3v) is 3.23. The summed E-state index contributed by atoms with van der Waals surface area (Å²) in [6.45, 7) is 4.14. The number of benzene rings is 1. The Labute approximate surface area is 114 Å². The predicted octanol–water partition coefficient (Wildman–Crippen LogP) is 4.35. The second-order valence-corrected chi connectivity index (χ2v) is 4.72. The molecule has 1 aromatic carbocycles. The van der Waals surface area contributed by atoms with E-state index < -0.39 is 5.82 Å². The minimum atomic E-state index is -0.465. The van der Waals surface area contributed by atoms with Crippen molar-refractivity contribution >= 4 is 28.9 Å². The molecule has 0 amide bonds. The summed E-state index contributed by atoms with van der Waals surface area (Å²) in [4.78, 5) is 0. The van der Waals surface area contributed by atoms with Gasteiger partial charge in [0, 0.05) is 12.1 Å². The summed E-state index contributed by atoms with van der Waals surface area (Å²) in [5.74, 6) is 0.266. The maximum Gasteiger partial charge on any atom is 0.138 e. The van der Waals surface area contributed by atoms with Crippen molar-refractivity contribution in [1.29, 1.82) is 0 Å². The van der Waals surface area contributed by atoms with E-state index >= 15 is 0 Å². The molecule has 2 aromatic rings. The van der Waals surface area contributed by atoms with Crippen LogP contribution >= 0.6 is 23.2 Å². The van der Waals surface area contributed by atoms with Crippen LogP contribution in [0.5, 0.6) is 0 Å². The maximum absolute atomic E-state index is 13.0. The van der Waals surface area contributed by atoms with Gasteiger partial charge in [-0.3, -0.25) is 0 Å². The molecule has 0 saturated heterocycles. The van der Waals surface area contributed by atoms with E-state index in [0.717, 1.165) is 17.0 Å². The van der Waals surface area contributed by atoms with E-state index in [1.165, 1.54) is 12.1 Å². The Morgan fingerprint density at radius 1 is 1.28 bits per heavy atom. The van der Waals surface area contributed by atoms with Gasteiger partial charge in [-0.25, -0.2) is 4.39 Å². The minimum absolute atomic E-state index is 0.242. The molecule has 0 bridgehead atoms. The first kappa shape index (κ1) is 13.2. The molecule has 96 valence electrons. The number of nitrogens with zero attached hydrogens (tertiary/aromatic N) is 1. The van der Waals surface area contributed by atoms with Gasteiger partial charge in [0.25, 0.3) is 0 Å². The van der Waals surface area contributed by atoms with Crippen molar-refractivity contribution < 1.29 is 8.91 Å². The van der Waals surface area contributed by atoms with Crippen LogP contribution in [-0.2, 0) is 6.54 Å². The summed E-state index contributed by atoms with van der Waals surface area (Å²) in [7, 11) is 0. The van der Waals surface area contributed by atoms with E-state index in [4.69, 9.17) is 27.7 Å². The lowest BCUT2D eigenvalue weighted by Crippen LogP contribution is -2.02. The molecule has 0 aliphatic carbocycles. The molecular formula is C12H11Cl2FN2O. The van der Waals surface area contributed by atoms with Gasteiger partial charge in [-0.15, -0.1) is 0 Å². The van der Waals surface area contributed by atoms with E-state index in [1.807, 2.05) is 13.8 Å². The molecule has 18 heavy (non-hydrogen) atoms. The van der Waals surface area contributed by atoms with Gasteiger partial charge in [-0.1, -0.05) is 28.4 Å². The highest BCUT2D eigenvalue weighted by Crippen LogP contribution is 2.32. The fourth-order valence-corrected chi connectivity index (χ4v) is 2.24. The zero-order valence-electron chi connectivity index (χ0n) is 9.85. The molecule has 0 aliphatic rings. The zero-order chi connectivity index (χ0) is 13.3. The summed E-state index contributed by atoms with van der Waals surface area (Å²) in [5.41, 5.74) is 2.24. The fourth-order valence-electron chi connectivity index (χ4n) is 1.64. The number of hydrogen-bond donors (Lipinski definition) is 1. The largest absolute Gasteiger partial charge is 0.378 e. The Bertz CT molecular complexity index is 541. The molecule has 1 aromatic heterocycles. The van der Waals surface area contributed by atoms with E-state index in [1.54, 1.807) is 0 Å². The highest BCUT2D eigenvalue weighted by Gasteiger charge is 2.12. The third kappa shape index (κ3) is 2.60. The van der Waals surface area contributed by atoms with Gasteiger partial charge in [0.2, 0.25) is 0 Å². The molecule has 0 fully saturated rings. The lowest BCUT2D eigenvalue weighted by atomic mass is 10.2. The first-order valence-corrected chi connectivity index (χ1v) is 6.04. The molecule has 0 radical (unpaired) electrons. The first-order chi connectivity index (χ1) is 8.49. The van der Waals surface area contributed by atoms with Crippen molar-refractivity contribution in [2.24, 2.45) is 0 Å². The monoisotopic (exact) mass is 288 g/mol. The normalized spacial score (nSPS) is 10.7. The molecule has 0 unspecified atom stereocenters. The van der Waals surface area contributed by atoms with Gasteiger partial charge in [-0.2, -0.15) is 0 Å². The topological polar surface area (TPSA) is 38.1 Å². The third-order valence-electron chi connectivity index (χ3n) is 2.63. The predicted molar refractivity (Wildman–Crippen MR) is 69.7 cm³/mol. The summed E-state index contributed by atoms with van der Waals surface area (Å²) in [5, 5.41) is 7.39. The molecule has 1 heterocycles. The Morgan fingerprint density at radius 3 is 2.39 bits per heavy atom. The van der Waals surface area contributed by atoms with Crippen molar-refractivity contribution in [2.75, 3.05) is 5.32 Å². The van der Waals surface area contributed by atoms with Crippen molar-refractivity contribution in [1.82, 2.24) is 5.16 Å². The van der Waals surface area contributed by atoms with E-state index in [9.17, 15) is 4.39 Å². The molecule has 0 spiro atoms. The van der Waals surface area contributed by atoms with Crippen molar-refractivity contribution in [3.63, 3.8) is 0 Å². The lowest BCUT2D eigenvalue weighted by Gasteiger charge is -2.10. The Morgan fingerprint density at radius 2 is 1.89 bits per heavy atom. The molecule has 0 saturated carbocycles. The van der Waals surface area contributed by atoms with Crippen molar-refractivity contribution in [2.45, 2.75) is 20.4 Å². The molecule has 2 rings (SSSR count). The molecule has 1 N–H and O–H groups in total. The Balaban J connectivity index is 2.21. The SMILES string of the molecule is Cc1noc(C)c1CNc1c(Cl)cc(F)cc1Cl. The van der Waals surface area contributed by atoms with Gasteiger partial charge in [0.1, 0.15) is 11.6 Å². The number of hydrogen-bond acceptors (Lipinski definition) is 3. The van der Waals surface area contributed by atoms with E-state index in [0.29, 0.717) is 12.2 Å².